The monoisotopic (exact) mass is 492 g/mol. The van der Waals surface area contributed by atoms with E-state index in [1.54, 1.807) is 28.8 Å². The molecule has 1 saturated heterocycles. The summed E-state index contributed by atoms with van der Waals surface area (Å²) in [7, 11) is -4.15. The molecule has 2 aromatic rings. The standard InChI is InChI=1S/C20H20ClF3N2O3S2/c1-30-13-14-2-4-15(5-3-14)19(27)25-8-10-26(11-9-25)31(28,29)16-6-7-18(21)17(12-16)20(22,23)24/h2-7,12H,8-11,13H2,1H3. The third kappa shape index (κ3) is 5.36. The molecular formula is C20H20ClF3N2O3S2. The van der Waals surface area contributed by atoms with Gasteiger partial charge in [-0.3, -0.25) is 4.79 Å². The van der Waals surface area contributed by atoms with Crippen molar-refractivity contribution < 1.29 is 26.4 Å². The number of thioether (sulfide) groups is 1. The van der Waals surface area contributed by atoms with Crippen molar-refractivity contribution in [3.63, 3.8) is 0 Å². The van der Waals surface area contributed by atoms with Crippen molar-refractivity contribution in [2.45, 2.75) is 16.8 Å². The molecule has 1 amide bonds. The lowest BCUT2D eigenvalue weighted by Crippen LogP contribution is -2.50. The number of hydrogen-bond donors (Lipinski definition) is 0. The lowest BCUT2D eigenvalue weighted by Gasteiger charge is -2.34. The highest BCUT2D eigenvalue weighted by Gasteiger charge is 2.36. The maximum absolute atomic E-state index is 13.1. The number of alkyl halides is 3. The molecule has 31 heavy (non-hydrogen) atoms. The van der Waals surface area contributed by atoms with Gasteiger partial charge in [0.25, 0.3) is 5.91 Å². The lowest BCUT2D eigenvalue weighted by atomic mass is 10.1. The quantitative estimate of drug-likeness (QED) is 0.622. The summed E-state index contributed by atoms with van der Waals surface area (Å²) in [5.74, 6) is 0.629. The van der Waals surface area contributed by atoms with Gasteiger partial charge in [0, 0.05) is 37.5 Å². The van der Waals surface area contributed by atoms with E-state index >= 15 is 0 Å². The smallest absolute Gasteiger partial charge is 0.336 e. The van der Waals surface area contributed by atoms with E-state index in [9.17, 15) is 26.4 Å². The minimum Gasteiger partial charge on any atom is -0.336 e. The first kappa shape index (κ1) is 23.9. The van der Waals surface area contributed by atoms with E-state index in [1.165, 1.54) is 0 Å². The van der Waals surface area contributed by atoms with Crippen molar-refractivity contribution in [2.24, 2.45) is 0 Å². The molecule has 1 heterocycles. The number of rotatable bonds is 5. The molecule has 0 aliphatic carbocycles. The van der Waals surface area contributed by atoms with Crippen LogP contribution in [-0.2, 0) is 22.0 Å². The number of benzene rings is 2. The van der Waals surface area contributed by atoms with Gasteiger partial charge in [-0.05, 0) is 42.2 Å². The maximum atomic E-state index is 13.1. The molecule has 0 radical (unpaired) electrons. The third-order valence-corrected chi connectivity index (χ3v) is 7.76. The highest BCUT2D eigenvalue weighted by atomic mass is 35.5. The van der Waals surface area contributed by atoms with Crippen molar-refractivity contribution in [1.29, 1.82) is 0 Å². The minimum atomic E-state index is -4.76. The fourth-order valence-electron chi connectivity index (χ4n) is 3.26. The Morgan fingerprint density at radius 2 is 1.68 bits per heavy atom. The molecule has 0 unspecified atom stereocenters. The number of halogens is 4. The summed E-state index contributed by atoms with van der Waals surface area (Å²) in [6, 6.07) is 9.77. The summed E-state index contributed by atoms with van der Waals surface area (Å²) in [4.78, 5) is 13.8. The number of carbonyl (C=O) groups excluding carboxylic acids is 1. The molecule has 1 fully saturated rings. The number of carbonyl (C=O) groups is 1. The molecule has 2 aromatic carbocycles. The van der Waals surface area contributed by atoms with E-state index in [-0.39, 0.29) is 32.1 Å². The van der Waals surface area contributed by atoms with E-state index in [4.69, 9.17) is 11.6 Å². The van der Waals surface area contributed by atoms with Gasteiger partial charge < -0.3 is 4.90 Å². The summed E-state index contributed by atoms with van der Waals surface area (Å²) in [5, 5.41) is -0.564. The molecule has 1 aliphatic rings. The average Bonchev–Trinajstić information content (AvgIpc) is 2.73. The van der Waals surface area contributed by atoms with E-state index < -0.39 is 31.7 Å². The largest absolute Gasteiger partial charge is 0.417 e. The number of sulfonamides is 1. The zero-order valence-electron chi connectivity index (χ0n) is 16.5. The van der Waals surface area contributed by atoms with Crippen LogP contribution in [0.25, 0.3) is 0 Å². The van der Waals surface area contributed by atoms with E-state index in [2.05, 4.69) is 0 Å². The maximum Gasteiger partial charge on any atom is 0.417 e. The fraction of sp³-hybridized carbons (Fsp3) is 0.350. The average molecular weight is 493 g/mol. The first-order chi connectivity index (χ1) is 14.5. The number of hydrogen-bond acceptors (Lipinski definition) is 4. The van der Waals surface area contributed by atoms with Gasteiger partial charge in [-0.2, -0.15) is 29.2 Å². The molecule has 5 nitrogen and oxygen atoms in total. The molecule has 0 saturated carbocycles. The Bertz CT molecular complexity index is 1050. The van der Waals surface area contributed by atoms with Gasteiger partial charge in [0.1, 0.15) is 0 Å². The molecule has 11 heteroatoms. The number of amides is 1. The van der Waals surface area contributed by atoms with E-state index in [0.29, 0.717) is 11.6 Å². The van der Waals surface area contributed by atoms with Gasteiger partial charge in [-0.25, -0.2) is 8.42 Å². The number of nitrogens with zero attached hydrogens (tertiary/aromatic N) is 2. The van der Waals surface area contributed by atoms with Gasteiger partial charge >= 0.3 is 6.18 Å². The summed E-state index contributed by atoms with van der Waals surface area (Å²) in [6.07, 6.45) is -2.78. The molecule has 3 rings (SSSR count). The lowest BCUT2D eigenvalue weighted by molar-refractivity contribution is -0.137. The van der Waals surface area contributed by atoms with Crippen LogP contribution in [0.3, 0.4) is 0 Å². The van der Waals surface area contributed by atoms with Gasteiger partial charge in [-0.15, -0.1) is 0 Å². The van der Waals surface area contributed by atoms with Crippen LogP contribution in [0.4, 0.5) is 13.2 Å². The summed E-state index contributed by atoms with van der Waals surface area (Å²) >= 11 is 7.26. The molecule has 0 bridgehead atoms. The second-order valence-corrected chi connectivity index (χ2v) is 10.2. The Balaban J connectivity index is 1.70. The van der Waals surface area contributed by atoms with Crippen molar-refractivity contribution in [3.8, 4) is 0 Å². The van der Waals surface area contributed by atoms with Crippen molar-refractivity contribution in [2.75, 3.05) is 32.4 Å². The summed E-state index contributed by atoms with van der Waals surface area (Å²) < 4.78 is 66.0. The van der Waals surface area contributed by atoms with Gasteiger partial charge in [0.05, 0.1) is 15.5 Å². The zero-order chi connectivity index (χ0) is 22.8. The Hall–Kier alpha value is -1.75. The van der Waals surface area contributed by atoms with Crippen molar-refractivity contribution in [1.82, 2.24) is 9.21 Å². The van der Waals surface area contributed by atoms with Gasteiger partial charge in [-0.1, -0.05) is 23.7 Å². The fourth-order valence-corrected chi connectivity index (χ4v) is 5.45. The zero-order valence-corrected chi connectivity index (χ0v) is 18.9. The third-order valence-electron chi connectivity index (χ3n) is 4.92. The second-order valence-electron chi connectivity index (χ2n) is 6.97. The molecular weight excluding hydrogens is 473 g/mol. The predicted molar refractivity (Wildman–Crippen MR) is 115 cm³/mol. The van der Waals surface area contributed by atoms with E-state index in [0.717, 1.165) is 27.8 Å². The first-order valence-corrected chi connectivity index (χ1v) is 12.5. The van der Waals surface area contributed by atoms with Crippen molar-refractivity contribution in [3.05, 3.63) is 64.2 Å². The Morgan fingerprint density at radius 3 is 2.23 bits per heavy atom. The van der Waals surface area contributed by atoms with Crippen LogP contribution in [0.2, 0.25) is 5.02 Å². The molecule has 0 spiro atoms. The normalized spacial score (nSPS) is 15.8. The Kier molecular flexibility index (Phi) is 7.25. The van der Waals surface area contributed by atoms with Crippen LogP contribution >= 0.6 is 23.4 Å². The predicted octanol–water partition coefficient (Wildman–Crippen LogP) is 4.37. The SMILES string of the molecule is CSCc1ccc(C(=O)N2CCN(S(=O)(=O)c3ccc(Cl)c(C(F)(F)F)c3)CC2)cc1. The molecule has 1 aliphatic heterocycles. The topological polar surface area (TPSA) is 57.7 Å². The molecule has 168 valence electrons. The highest BCUT2D eigenvalue weighted by Crippen LogP contribution is 2.36. The van der Waals surface area contributed by atoms with E-state index in [1.807, 2.05) is 18.4 Å². The second kappa shape index (κ2) is 9.40. The van der Waals surface area contributed by atoms with Crippen molar-refractivity contribution >= 4 is 39.3 Å². The van der Waals surface area contributed by atoms with Gasteiger partial charge in [0.15, 0.2) is 0 Å². The minimum absolute atomic E-state index is 0.0113. The van der Waals surface area contributed by atoms with Crippen LogP contribution in [0.1, 0.15) is 21.5 Å². The molecule has 0 aromatic heterocycles. The highest BCUT2D eigenvalue weighted by molar-refractivity contribution is 7.97. The summed E-state index contributed by atoms with van der Waals surface area (Å²) in [6.45, 7) is 0.264. The molecule has 0 atom stereocenters. The van der Waals surface area contributed by atoms with Crippen LogP contribution in [0.15, 0.2) is 47.4 Å². The first-order valence-electron chi connectivity index (χ1n) is 9.28. The van der Waals surface area contributed by atoms with Crippen LogP contribution in [-0.4, -0.2) is 56.0 Å². The van der Waals surface area contributed by atoms with Crippen LogP contribution in [0, 0.1) is 0 Å². The van der Waals surface area contributed by atoms with Crippen LogP contribution < -0.4 is 0 Å². The Labute approximate surface area is 188 Å². The van der Waals surface area contributed by atoms with Gasteiger partial charge in [0.2, 0.25) is 10.0 Å². The number of piperazine rings is 1. The molecule has 0 N–H and O–H groups in total. The Morgan fingerprint density at radius 1 is 1.06 bits per heavy atom. The summed E-state index contributed by atoms with van der Waals surface area (Å²) in [5.41, 5.74) is 0.406. The van der Waals surface area contributed by atoms with Crippen LogP contribution in [0.5, 0.6) is 0 Å².